The molecule has 0 bridgehead atoms. The quantitative estimate of drug-likeness (QED) is 0.171. The minimum Gasteiger partial charge on any atom is -0.478 e. The largest absolute Gasteiger partial charge is 0.478 e. The minimum atomic E-state index is -4.31. The van der Waals surface area contributed by atoms with Gasteiger partial charge in [0, 0.05) is 54.1 Å². The lowest BCUT2D eigenvalue weighted by Crippen LogP contribution is -2.33. The van der Waals surface area contributed by atoms with Gasteiger partial charge in [0.05, 0.1) is 46.7 Å². The summed E-state index contributed by atoms with van der Waals surface area (Å²) in [5.74, 6) is -1.23. The standard InChI is InChI=1S/C35H36N8O6S/c1-20(2)42-28-13-10-21(14-22(28)16-38-42)29-30-31(39-24-11-12-25(15-24)40-35(46)49-4)27(34(44)45)18-36-33(30)43(32(29)23-17-37-41(3)19-23)50(47,48)26-8-6-5-7-9-26/h5-10,13-14,16-20,24-25H,11-12,15H2,1-4H3,(H,36,39)(H,40,46)(H,44,45)/t24-,25-/m1/s1. The van der Waals surface area contributed by atoms with Gasteiger partial charge in [0.15, 0.2) is 5.65 Å². The van der Waals surface area contributed by atoms with Crippen molar-refractivity contribution in [1.82, 2.24) is 33.8 Å². The molecule has 50 heavy (non-hydrogen) atoms. The summed E-state index contributed by atoms with van der Waals surface area (Å²) in [6.07, 6.45) is 7.45. The fourth-order valence-corrected chi connectivity index (χ4v) is 8.36. The molecule has 0 spiro atoms. The summed E-state index contributed by atoms with van der Waals surface area (Å²) in [4.78, 5) is 29.4. The number of amides is 1. The highest BCUT2D eigenvalue weighted by molar-refractivity contribution is 7.90. The SMILES string of the molecule is COC(=O)N[C@@H]1CC[C@@H](Nc2c(C(=O)O)cnc3c2c(-c2ccc4c(cnn4C(C)C)c2)c(-c2cnn(C)c2)n3S(=O)(=O)c2ccccc2)C1. The lowest BCUT2D eigenvalue weighted by atomic mass is 9.97. The topological polar surface area (TPSA) is 175 Å². The van der Waals surface area contributed by atoms with E-state index in [-0.39, 0.29) is 45.6 Å². The average Bonchev–Trinajstić information content (AvgIpc) is 3.89. The van der Waals surface area contributed by atoms with Crippen LogP contribution in [0.3, 0.4) is 0 Å². The molecule has 6 aromatic rings. The van der Waals surface area contributed by atoms with E-state index in [4.69, 9.17) is 4.74 Å². The molecule has 15 heteroatoms. The van der Waals surface area contributed by atoms with Crippen LogP contribution in [-0.2, 0) is 21.8 Å². The lowest BCUT2D eigenvalue weighted by Gasteiger charge is -2.18. The van der Waals surface area contributed by atoms with Crippen LogP contribution in [0.15, 0.2) is 78.2 Å². The van der Waals surface area contributed by atoms with Crippen molar-refractivity contribution in [2.24, 2.45) is 7.05 Å². The summed E-state index contributed by atoms with van der Waals surface area (Å²) in [7, 11) is -1.27. The number of aromatic carboxylic acids is 1. The Morgan fingerprint density at radius 2 is 1.76 bits per heavy atom. The van der Waals surface area contributed by atoms with Gasteiger partial charge in [0.2, 0.25) is 0 Å². The Balaban J connectivity index is 1.56. The normalized spacial score (nSPS) is 16.3. The first kappa shape index (κ1) is 32.8. The number of aryl methyl sites for hydroxylation is 1. The molecule has 1 saturated carbocycles. The lowest BCUT2D eigenvalue weighted by molar-refractivity contribution is 0.0697. The number of carbonyl (C=O) groups is 2. The maximum Gasteiger partial charge on any atom is 0.407 e. The maximum atomic E-state index is 14.7. The fourth-order valence-electron chi connectivity index (χ4n) is 6.84. The number of ether oxygens (including phenoxy) is 1. The molecule has 258 valence electrons. The highest BCUT2D eigenvalue weighted by Crippen LogP contribution is 2.47. The number of hydrogen-bond donors (Lipinski definition) is 3. The van der Waals surface area contributed by atoms with E-state index in [1.165, 1.54) is 29.4 Å². The van der Waals surface area contributed by atoms with Crippen molar-refractivity contribution in [3.05, 3.63) is 78.9 Å². The molecule has 1 amide bonds. The zero-order chi connectivity index (χ0) is 35.3. The van der Waals surface area contributed by atoms with Crippen LogP contribution in [0.1, 0.15) is 49.5 Å². The maximum absolute atomic E-state index is 14.7. The van der Waals surface area contributed by atoms with Crippen LogP contribution in [0, 0.1) is 0 Å². The van der Waals surface area contributed by atoms with Gasteiger partial charge >= 0.3 is 12.1 Å². The van der Waals surface area contributed by atoms with Gasteiger partial charge in [-0.1, -0.05) is 24.3 Å². The van der Waals surface area contributed by atoms with Crippen molar-refractivity contribution in [2.75, 3.05) is 12.4 Å². The van der Waals surface area contributed by atoms with E-state index in [0.29, 0.717) is 41.3 Å². The average molecular weight is 697 g/mol. The second-order valence-corrected chi connectivity index (χ2v) is 14.5. The highest BCUT2D eigenvalue weighted by atomic mass is 32.2. The first-order chi connectivity index (χ1) is 24.0. The van der Waals surface area contributed by atoms with E-state index in [2.05, 4.69) is 25.8 Å². The number of hydrogen-bond acceptors (Lipinski definition) is 9. The summed E-state index contributed by atoms with van der Waals surface area (Å²) in [6, 6.07) is 13.4. The summed E-state index contributed by atoms with van der Waals surface area (Å²) >= 11 is 0. The Labute approximate surface area is 287 Å². The third-order valence-corrected chi connectivity index (χ3v) is 10.8. The number of fused-ring (bicyclic) bond motifs is 2. The molecule has 0 aliphatic heterocycles. The molecule has 7 rings (SSSR count). The molecule has 1 aliphatic carbocycles. The van der Waals surface area contributed by atoms with E-state index in [9.17, 15) is 23.1 Å². The van der Waals surface area contributed by atoms with E-state index in [1.54, 1.807) is 48.5 Å². The van der Waals surface area contributed by atoms with Crippen molar-refractivity contribution in [3.8, 4) is 22.4 Å². The van der Waals surface area contributed by atoms with Crippen LogP contribution in [0.2, 0.25) is 0 Å². The van der Waals surface area contributed by atoms with Gasteiger partial charge in [-0.15, -0.1) is 0 Å². The van der Waals surface area contributed by atoms with E-state index >= 15 is 0 Å². The van der Waals surface area contributed by atoms with Crippen LogP contribution >= 0.6 is 0 Å². The number of nitrogens with zero attached hydrogens (tertiary/aromatic N) is 6. The number of pyridine rings is 1. The Kier molecular flexibility index (Phi) is 8.30. The molecule has 14 nitrogen and oxygen atoms in total. The number of anilines is 1. The molecular weight excluding hydrogens is 661 g/mol. The number of benzene rings is 2. The summed E-state index contributed by atoms with van der Waals surface area (Å²) in [6.45, 7) is 4.07. The number of rotatable bonds is 9. The third-order valence-electron chi connectivity index (χ3n) is 9.09. The van der Waals surface area contributed by atoms with Crippen LogP contribution in [0.5, 0.6) is 0 Å². The zero-order valence-electron chi connectivity index (χ0n) is 27.9. The number of carbonyl (C=O) groups excluding carboxylic acids is 1. The van der Waals surface area contributed by atoms with Gasteiger partial charge < -0.3 is 20.5 Å². The van der Waals surface area contributed by atoms with Crippen LogP contribution in [-0.4, -0.2) is 73.3 Å². The van der Waals surface area contributed by atoms with Crippen molar-refractivity contribution in [3.63, 3.8) is 0 Å². The van der Waals surface area contributed by atoms with Gasteiger partial charge in [-0.25, -0.2) is 27.0 Å². The predicted molar refractivity (Wildman–Crippen MR) is 188 cm³/mol. The Bertz CT molecular complexity index is 2380. The van der Waals surface area contributed by atoms with Crippen molar-refractivity contribution < 1.29 is 27.9 Å². The summed E-state index contributed by atoms with van der Waals surface area (Å²) < 4.78 is 38.9. The van der Waals surface area contributed by atoms with Crippen LogP contribution in [0.25, 0.3) is 44.3 Å². The van der Waals surface area contributed by atoms with Gasteiger partial charge in [0.25, 0.3) is 10.0 Å². The molecule has 2 atom stereocenters. The second-order valence-electron chi connectivity index (χ2n) is 12.7. The molecule has 0 radical (unpaired) electrons. The molecule has 0 saturated heterocycles. The van der Waals surface area contributed by atoms with Gasteiger partial charge in [-0.05, 0) is 62.9 Å². The number of carboxylic acid groups (broad SMARTS) is 1. The second kappa shape index (κ2) is 12.6. The smallest absolute Gasteiger partial charge is 0.407 e. The predicted octanol–water partition coefficient (Wildman–Crippen LogP) is 5.66. The first-order valence-corrected chi connectivity index (χ1v) is 17.6. The Morgan fingerprint density at radius 1 is 1.00 bits per heavy atom. The van der Waals surface area contributed by atoms with Gasteiger partial charge in [-0.3, -0.25) is 9.36 Å². The number of methoxy groups -OCH3 is 1. The number of alkyl carbamates (subject to hydrolysis) is 1. The Hall–Kier alpha value is -5.70. The molecule has 2 aromatic carbocycles. The monoisotopic (exact) mass is 696 g/mol. The van der Waals surface area contributed by atoms with Crippen LogP contribution in [0.4, 0.5) is 10.5 Å². The van der Waals surface area contributed by atoms with Crippen molar-refractivity contribution in [2.45, 2.75) is 56.1 Å². The number of nitrogens with one attached hydrogen (secondary N) is 2. The molecule has 0 unspecified atom stereocenters. The van der Waals surface area contributed by atoms with E-state index < -0.39 is 22.1 Å². The molecule has 4 aromatic heterocycles. The van der Waals surface area contributed by atoms with Crippen molar-refractivity contribution >= 4 is 49.7 Å². The third kappa shape index (κ3) is 5.62. The van der Waals surface area contributed by atoms with E-state index in [0.717, 1.165) is 10.9 Å². The summed E-state index contributed by atoms with van der Waals surface area (Å²) in [5.41, 5.74) is 2.92. The molecule has 1 aliphatic rings. The number of aromatic nitrogens is 6. The fraction of sp³-hybridized carbons (Fsp3) is 0.286. The zero-order valence-corrected chi connectivity index (χ0v) is 28.7. The number of carboxylic acids is 1. The Morgan fingerprint density at radius 3 is 2.44 bits per heavy atom. The molecule has 1 fully saturated rings. The van der Waals surface area contributed by atoms with Crippen molar-refractivity contribution in [1.29, 1.82) is 0 Å². The molecule has 3 N–H and O–H groups in total. The first-order valence-electron chi connectivity index (χ1n) is 16.2. The highest BCUT2D eigenvalue weighted by Gasteiger charge is 2.35. The molecular formula is C35H36N8O6S. The van der Waals surface area contributed by atoms with E-state index in [1.807, 2.05) is 36.7 Å². The van der Waals surface area contributed by atoms with Gasteiger partial charge in [-0.2, -0.15) is 10.2 Å². The minimum absolute atomic E-state index is 0.0355. The molecule has 4 heterocycles. The van der Waals surface area contributed by atoms with Crippen LogP contribution < -0.4 is 10.6 Å². The summed E-state index contributed by atoms with van der Waals surface area (Å²) in [5, 5.41) is 26.9. The van der Waals surface area contributed by atoms with Gasteiger partial charge in [0.1, 0.15) is 5.56 Å².